The molecule has 0 unspecified atom stereocenters. The van der Waals surface area contributed by atoms with Crippen LogP contribution in [0, 0.1) is 5.82 Å². The largest absolute Gasteiger partial charge is 0.390 e. The van der Waals surface area contributed by atoms with Crippen LogP contribution in [0.25, 0.3) is 5.52 Å². The monoisotopic (exact) mass is 413 g/mol. The van der Waals surface area contributed by atoms with Crippen LogP contribution in [0.3, 0.4) is 0 Å². The lowest BCUT2D eigenvalue weighted by Gasteiger charge is -2.34. The van der Waals surface area contributed by atoms with Gasteiger partial charge in [0.15, 0.2) is 5.82 Å². The first-order chi connectivity index (χ1) is 13.3. The van der Waals surface area contributed by atoms with Crippen LogP contribution in [0.1, 0.15) is 30.9 Å². The highest BCUT2D eigenvalue weighted by atomic mass is 32.2. The molecule has 28 heavy (non-hydrogen) atoms. The van der Waals surface area contributed by atoms with Gasteiger partial charge in [-0.3, -0.25) is 0 Å². The first-order valence-corrected chi connectivity index (χ1v) is 11.2. The third-order valence-electron chi connectivity index (χ3n) is 5.46. The van der Waals surface area contributed by atoms with Crippen LogP contribution in [-0.2, 0) is 14.8 Å². The van der Waals surface area contributed by atoms with Crippen molar-refractivity contribution in [2.75, 3.05) is 37.9 Å². The number of aromatic nitrogens is 3. The number of halogens is 1. The van der Waals surface area contributed by atoms with E-state index in [2.05, 4.69) is 15.4 Å². The fourth-order valence-corrected chi connectivity index (χ4v) is 4.72. The standard InChI is InChI=1S/C17H24FN5O4S/c1-28(25,26)22-5-2-13(16(24)10-22)20-17-19-9-15-12(18)8-14(23(15)21-17)11-3-6-27-7-4-11/h8-9,11,13,16,24H,2-7,10H2,1H3,(H,20,21)/t13-,16-/m1/s1. The molecule has 2 aromatic rings. The summed E-state index contributed by atoms with van der Waals surface area (Å²) in [6.45, 7) is 1.60. The van der Waals surface area contributed by atoms with Crippen LogP contribution in [0.15, 0.2) is 12.3 Å². The Morgan fingerprint density at radius 1 is 1.32 bits per heavy atom. The summed E-state index contributed by atoms with van der Waals surface area (Å²) in [5.74, 6) is 0.0693. The van der Waals surface area contributed by atoms with Gasteiger partial charge >= 0.3 is 0 Å². The van der Waals surface area contributed by atoms with E-state index in [1.165, 1.54) is 16.6 Å². The second-order valence-electron chi connectivity index (χ2n) is 7.41. The smallest absolute Gasteiger partial charge is 0.241 e. The summed E-state index contributed by atoms with van der Waals surface area (Å²) in [5, 5.41) is 17.8. The number of β-amino-alcohol motifs (C(OH)–C–C–N with tert-alkyl or cyclic N) is 1. The van der Waals surface area contributed by atoms with E-state index >= 15 is 0 Å². The molecule has 0 aliphatic carbocycles. The summed E-state index contributed by atoms with van der Waals surface area (Å²) >= 11 is 0. The molecular formula is C17H24FN5O4S. The van der Waals surface area contributed by atoms with E-state index in [4.69, 9.17) is 4.74 Å². The lowest BCUT2D eigenvalue weighted by Crippen LogP contribution is -2.51. The van der Waals surface area contributed by atoms with Gasteiger partial charge in [0, 0.05) is 37.9 Å². The molecule has 0 amide bonds. The van der Waals surface area contributed by atoms with Crippen molar-refractivity contribution in [3.8, 4) is 0 Å². The number of aliphatic hydroxyl groups excluding tert-OH is 1. The number of fused-ring (bicyclic) bond motifs is 1. The summed E-state index contributed by atoms with van der Waals surface area (Å²) in [7, 11) is -3.34. The number of nitrogens with zero attached hydrogens (tertiary/aromatic N) is 4. The first kappa shape index (κ1) is 19.5. The molecule has 2 fully saturated rings. The van der Waals surface area contributed by atoms with Gasteiger partial charge in [-0.15, -0.1) is 5.10 Å². The van der Waals surface area contributed by atoms with Gasteiger partial charge in [-0.1, -0.05) is 0 Å². The number of rotatable bonds is 4. The molecule has 2 N–H and O–H groups in total. The molecular weight excluding hydrogens is 389 g/mol. The minimum Gasteiger partial charge on any atom is -0.390 e. The Labute approximate surface area is 162 Å². The summed E-state index contributed by atoms with van der Waals surface area (Å²) < 4.78 is 45.8. The van der Waals surface area contributed by atoms with Gasteiger partial charge in [-0.2, -0.15) is 4.31 Å². The SMILES string of the molecule is CS(=O)(=O)N1CC[C@@H](Nc2ncc3c(F)cc(C4CCOCC4)n3n2)[C@H](O)C1. The number of aliphatic hydroxyl groups is 1. The molecule has 154 valence electrons. The molecule has 4 heterocycles. The summed E-state index contributed by atoms with van der Waals surface area (Å²) in [5.41, 5.74) is 1.09. The zero-order chi connectivity index (χ0) is 19.9. The van der Waals surface area contributed by atoms with Gasteiger partial charge in [0.25, 0.3) is 0 Å². The van der Waals surface area contributed by atoms with Gasteiger partial charge in [-0.25, -0.2) is 22.3 Å². The Hall–Kier alpha value is -1.82. The Morgan fingerprint density at radius 3 is 2.75 bits per heavy atom. The third-order valence-corrected chi connectivity index (χ3v) is 6.73. The quantitative estimate of drug-likeness (QED) is 0.754. The Kier molecular flexibility index (Phi) is 5.25. The van der Waals surface area contributed by atoms with Gasteiger partial charge in [0.1, 0.15) is 5.52 Å². The second-order valence-corrected chi connectivity index (χ2v) is 9.39. The highest BCUT2D eigenvalue weighted by molar-refractivity contribution is 7.88. The maximum Gasteiger partial charge on any atom is 0.241 e. The highest BCUT2D eigenvalue weighted by Crippen LogP contribution is 2.29. The van der Waals surface area contributed by atoms with Crippen molar-refractivity contribution >= 4 is 21.5 Å². The molecule has 2 aliphatic rings. The van der Waals surface area contributed by atoms with Crippen molar-refractivity contribution in [2.24, 2.45) is 0 Å². The van der Waals surface area contributed by atoms with E-state index in [0.717, 1.165) is 24.8 Å². The zero-order valence-electron chi connectivity index (χ0n) is 15.6. The van der Waals surface area contributed by atoms with E-state index in [9.17, 15) is 17.9 Å². The predicted molar refractivity (Wildman–Crippen MR) is 100 cm³/mol. The first-order valence-electron chi connectivity index (χ1n) is 9.34. The predicted octanol–water partition coefficient (Wildman–Crippen LogP) is 0.569. The van der Waals surface area contributed by atoms with Crippen molar-refractivity contribution in [1.29, 1.82) is 0 Å². The molecule has 0 radical (unpaired) electrons. The van der Waals surface area contributed by atoms with Crippen LogP contribution in [0.5, 0.6) is 0 Å². The average Bonchev–Trinajstić information content (AvgIpc) is 2.99. The van der Waals surface area contributed by atoms with E-state index < -0.39 is 16.1 Å². The number of nitrogens with one attached hydrogen (secondary N) is 1. The molecule has 0 spiro atoms. The van der Waals surface area contributed by atoms with Gasteiger partial charge in [0.2, 0.25) is 16.0 Å². The fraction of sp³-hybridized carbons (Fsp3) is 0.647. The molecule has 2 atom stereocenters. The highest BCUT2D eigenvalue weighted by Gasteiger charge is 2.32. The van der Waals surface area contributed by atoms with E-state index in [0.29, 0.717) is 31.7 Å². The zero-order valence-corrected chi connectivity index (χ0v) is 16.4. The normalized spacial score (nSPS) is 25.2. The lowest BCUT2D eigenvalue weighted by atomic mass is 9.97. The molecule has 0 bridgehead atoms. The molecule has 2 saturated heterocycles. The summed E-state index contributed by atoms with van der Waals surface area (Å²) in [4.78, 5) is 4.17. The number of piperidine rings is 1. The molecule has 11 heteroatoms. The molecule has 0 saturated carbocycles. The van der Waals surface area contributed by atoms with Crippen molar-refractivity contribution in [1.82, 2.24) is 18.9 Å². The Balaban J connectivity index is 1.55. The molecule has 2 aliphatic heterocycles. The maximum absolute atomic E-state index is 14.3. The topological polar surface area (TPSA) is 109 Å². The minimum absolute atomic E-state index is 0.0181. The molecule has 0 aromatic carbocycles. The third kappa shape index (κ3) is 3.84. The van der Waals surface area contributed by atoms with Gasteiger partial charge in [-0.05, 0) is 25.3 Å². The molecule has 9 nitrogen and oxygen atoms in total. The molecule has 2 aromatic heterocycles. The van der Waals surface area contributed by atoms with E-state index in [-0.39, 0.29) is 30.3 Å². The second kappa shape index (κ2) is 7.54. The fourth-order valence-electron chi connectivity index (χ4n) is 3.86. The van der Waals surface area contributed by atoms with Crippen molar-refractivity contribution in [3.63, 3.8) is 0 Å². The van der Waals surface area contributed by atoms with Crippen LogP contribution >= 0.6 is 0 Å². The summed E-state index contributed by atoms with van der Waals surface area (Å²) in [6.07, 6.45) is 3.69. The van der Waals surface area contributed by atoms with Crippen molar-refractivity contribution < 1.29 is 22.7 Å². The number of hydrogen-bond acceptors (Lipinski definition) is 7. The van der Waals surface area contributed by atoms with Crippen LogP contribution in [0.2, 0.25) is 0 Å². The van der Waals surface area contributed by atoms with Gasteiger partial charge < -0.3 is 15.2 Å². The van der Waals surface area contributed by atoms with E-state index in [1.54, 1.807) is 4.52 Å². The number of hydrogen-bond donors (Lipinski definition) is 2. The Bertz CT molecular complexity index is 960. The lowest BCUT2D eigenvalue weighted by molar-refractivity contribution is 0.0841. The average molecular weight is 413 g/mol. The maximum atomic E-state index is 14.3. The van der Waals surface area contributed by atoms with E-state index in [1.807, 2.05) is 0 Å². The van der Waals surface area contributed by atoms with Crippen molar-refractivity contribution in [2.45, 2.75) is 37.3 Å². The number of sulfonamides is 1. The molecule has 4 rings (SSSR count). The van der Waals surface area contributed by atoms with Crippen molar-refractivity contribution in [3.05, 3.63) is 23.8 Å². The van der Waals surface area contributed by atoms with Crippen LogP contribution in [0.4, 0.5) is 10.3 Å². The van der Waals surface area contributed by atoms with Crippen LogP contribution < -0.4 is 5.32 Å². The number of anilines is 1. The van der Waals surface area contributed by atoms with Gasteiger partial charge in [0.05, 0.1) is 24.6 Å². The van der Waals surface area contributed by atoms with Crippen LogP contribution in [-0.4, -0.2) is 77.1 Å². The number of ether oxygens (including phenoxy) is 1. The summed E-state index contributed by atoms with van der Waals surface area (Å²) in [6, 6.07) is 1.12. The Morgan fingerprint density at radius 2 is 2.07 bits per heavy atom. The minimum atomic E-state index is -3.34.